The van der Waals surface area contributed by atoms with Crippen LogP contribution in [-0.2, 0) is 5.75 Å². The standard InChI is InChI=1S/C18H13ClN4O3S/c1-24-14-4-2-3-12(9-14)16-20-15(26-23-16)10-27-18-22-21-17(25-18)11-5-7-13(19)8-6-11/h2-9H,10H2,1H3. The molecule has 2 aromatic heterocycles. The highest BCUT2D eigenvalue weighted by Gasteiger charge is 2.13. The van der Waals surface area contributed by atoms with E-state index in [4.69, 9.17) is 25.3 Å². The van der Waals surface area contributed by atoms with Gasteiger partial charge in [0.1, 0.15) is 5.75 Å². The maximum atomic E-state index is 5.88. The van der Waals surface area contributed by atoms with E-state index in [1.807, 2.05) is 36.4 Å². The molecular formula is C18H13ClN4O3S. The van der Waals surface area contributed by atoms with Crippen LogP contribution in [0.15, 0.2) is 62.7 Å². The number of hydrogen-bond donors (Lipinski definition) is 0. The van der Waals surface area contributed by atoms with Gasteiger partial charge in [-0.1, -0.05) is 40.7 Å². The molecule has 4 rings (SSSR count). The molecule has 0 fully saturated rings. The molecule has 0 saturated heterocycles. The summed E-state index contributed by atoms with van der Waals surface area (Å²) >= 11 is 7.21. The van der Waals surface area contributed by atoms with Crippen molar-refractivity contribution < 1.29 is 13.7 Å². The zero-order valence-corrected chi connectivity index (χ0v) is 15.7. The summed E-state index contributed by atoms with van der Waals surface area (Å²) in [5.74, 6) is 2.53. The number of benzene rings is 2. The topological polar surface area (TPSA) is 87.1 Å². The molecule has 136 valence electrons. The van der Waals surface area contributed by atoms with Crippen molar-refractivity contribution in [2.75, 3.05) is 7.11 Å². The number of hydrogen-bond acceptors (Lipinski definition) is 8. The van der Waals surface area contributed by atoms with E-state index in [0.29, 0.717) is 33.6 Å². The van der Waals surface area contributed by atoms with E-state index in [1.54, 1.807) is 19.2 Å². The lowest BCUT2D eigenvalue weighted by Crippen LogP contribution is -1.86. The van der Waals surface area contributed by atoms with Crippen LogP contribution >= 0.6 is 23.4 Å². The van der Waals surface area contributed by atoms with E-state index in [0.717, 1.165) is 16.9 Å². The summed E-state index contributed by atoms with van der Waals surface area (Å²) in [6, 6.07) is 14.6. The van der Waals surface area contributed by atoms with E-state index < -0.39 is 0 Å². The number of halogens is 1. The third kappa shape index (κ3) is 4.12. The minimum Gasteiger partial charge on any atom is -0.497 e. The molecule has 2 aromatic carbocycles. The van der Waals surface area contributed by atoms with Crippen molar-refractivity contribution in [2.45, 2.75) is 11.0 Å². The Kier molecular flexibility index (Phi) is 5.08. The van der Waals surface area contributed by atoms with Crippen LogP contribution in [0.3, 0.4) is 0 Å². The van der Waals surface area contributed by atoms with E-state index in [2.05, 4.69) is 20.3 Å². The van der Waals surface area contributed by atoms with Crippen molar-refractivity contribution >= 4 is 23.4 Å². The van der Waals surface area contributed by atoms with Gasteiger partial charge in [0, 0.05) is 16.1 Å². The fourth-order valence-electron chi connectivity index (χ4n) is 2.29. The van der Waals surface area contributed by atoms with Crippen molar-refractivity contribution in [2.24, 2.45) is 0 Å². The summed E-state index contributed by atoms with van der Waals surface area (Å²) in [5.41, 5.74) is 1.62. The quantitative estimate of drug-likeness (QED) is 0.429. The number of methoxy groups -OCH3 is 1. The van der Waals surface area contributed by atoms with Crippen LogP contribution in [0.5, 0.6) is 5.75 Å². The van der Waals surface area contributed by atoms with Gasteiger partial charge in [-0.25, -0.2) is 0 Å². The van der Waals surface area contributed by atoms with Gasteiger partial charge in [0.2, 0.25) is 17.6 Å². The zero-order chi connectivity index (χ0) is 18.6. The molecular weight excluding hydrogens is 388 g/mol. The normalized spacial score (nSPS) is 10.9. The molecule has 0 aliphatic rings. The molecule has 7 nitrogen and oxygen atoms in total. The van der Waals surface area contributed by atoms with Gasteiger partial charge in [-0.15, -0.1) is 10.2 Å². The van der Waals surface area contributed by atoms with E-state index >= 15 is 0 Å². The average molecular weight is 401 g/mol. The van der Waals surface area contributed by atoms with E-state index in [9.17, 15) is 0 Å². The predicted molar refractivity (Wildman–Crippen MR) is 101 cm³/mol. The molecule has 9 heteroatoms. The molecule has 0 spiro atoms. The second kappa shape index (κ2) is 7.81. The summed E-state index contributed by atoms with van der Waals surface area (Å²) in [6.07, 6.45) is 0. The van der Waals surface area contributed by atoms with Crippen LogP contribution in [0.2, 0.25) is 5.02 Å². The lowest BCUT2D eigenvalue weighted by Gasteiger charge is -1.99. The van der Waals surface area contributed by atoms with Crippen LogP contribution in [0, 0.1) is 0 Å². The van der Waals surface area contributed by atoms with Crippen LogP contribution in [-0.4, -0.2) is 27.4 Å². The van der Waals surface area contributed by atoms with Crippen LogP contribution in [0.1, 0.15) is 5.89 Å². The second-order valence-electron chi connectivity index (χ2n) is 5.41. The van der Waals surface area contributed by atoms with Crippen molar-refractivity contribution in [1.29, 1.82) is 0 Å². The molecule has 4 aromatic rings. The molecule has 0 bridgehead atoms. The molecule has 0 N–H and O–H groups in total. The van der Waals surface area contributed by atoms with Crippen LogP contribution in [0.25, 0.3) is 22.8 Å². The summed E-state index contributed by atoms with van der Waals surface area (Å²) in [5, 5.41) is 13.1. The lowest BCUT2D eigenvalue weighted by molar-refractivity contribution is 0.390. The van der Waals surface area contributed by atoms with Crippen molar-refractivity contribution in [3.05, 3.63) is 59.4 Å². The largest absolute Gasteiger partial charge is 0.497 e. The number of thioether (sulfide) groups is 1. The number of ether oxygens (including phenoxy) is 1. The van der Waals surface area contributed by atoms with Gasteiger partial charge in [0.25, 0.3) is 5.22 Å². The molecule has 0 radical (unpaired) electrons. The molecule has 27 heavy (non-hydrogen) atoms. The van der Waals surface area contributed by atoms with Gasteiger partial charge in [0.15, 0.2) is 0 Å². The van der Waals surface area contributed by atoms with Gasteiger partial charge >= 0.3 is 0 Å². The highest BCUT2D eigenvalue weighted by atomic mass is 35.5. The highest BCUT2D eigenvalue weighted by Crippen LogP contribution is 2.27. The van der Waals surface area contributed by atoms with Crippen LogP contribution < -0.4 is 4.74 Å². The average Bonchev–Trinajstić information content (AvgIpc) is 3.37. The summed E-state index contributed by atoms with van der Waals surface area (Å²) in [7, 11) is 1.61. The maximum absolute atomic E-state index is 5.88. The third-order valence-corrected chi connectivity index (χ3v) is 4.67. The van der Waals surface area contributed by atoms with Crippen molar-refractivity contribution in [1.82, 2.24) is 20.3 Å². The van der Waals surface area contributed by atoms with Crippen LogP contribution in [0.4, 0.5) is 0 Å². The number of aromatic nitrogens is 4. The Morgan fingerprint density at radius 3 is 2.74 bits per heavy atom. The molecule has 0 atom stereocenters. The summed E-state index contributed by atoms with van der Waals surface area (Å²) < 4.78 is 16.1. The van der Waals surface area contributed by atoms with E-state index in [-0.39, 0.29) is 0 Å². The van der Waals surface area contributed by atoms with Gasteiger partial charge in [-0.2, -0.15) is 4.98 Å². The fourth-order valence-corrected chi connectivity index (χ4v) is 3.02. The smallest absolute Gasteiger partial charge is 0.277 e. The minimum absolute atomic E-state index is 0.416. The van der Waals surface area contributed by atoms with E-state index in [1.165, 1.54) is 11.8 Å². The Labute approximate surface area is 163 Å². The molecule has 0 amide bonds. The highest BCUT2D eigenvalue weighted by molar-refractivity contribution is 7.98. The van der Waals surface area contributed by atoms with Gasteiger partial charge in [-0.3, -0.25) is 0 Å². The Morgan fingerprint density at radius 2 is 1.93 bits per heavy atom. The molecule has 0 saturated carbocycles. The Hall–Kier alpha value is -2.84. The SMILES string of the molecule is COc1cccc(-c2noc(CSc3nnc(-c4ccc(Cl)cc4)o3)n2)c1. The van der Waals surface area contributed by atoms with Crippen molar-refractivity contribution in [3.63, 3.8) is 0 Å². The Balaban J connectivity index is 1.42. The number of rotatable bonds is 6. The van der Waals surface area contributed by atoms with Crippen molar-refractivity contribution in [3.8, 4) is 28.6 Å². The first-order valence-corrected chi connectivity index (χ1v) is 9.27. The minimum atomic E-state index is 0.416. The Bertz CT molecular complexity index is 1050. The summed E-state index contributed by atoms with van der Waals surface area (Å²) in [4.78, 5) is 4.39. The summed E-state index contributed by atoms with van der Waals surface area (Å²) in [6.45, 7) is 0. The van der Waals surface area contributed by atoms with Gasteiger partial charge in [0.05, 0.1) is 12.9 Å². The second-order valence-corrected chi connectivity index (χ2v) is 6.78. The first kappa shape index (κ1) is 17.6. The fraction of sp³-hybridized carbons (Fsp3) is 0.111. The molecule has 0 unspecified atom stereocenters. The molecule has 0 aliphatic carbocycles. The predicted octanol–water partition coefficient (Wildman–Crippen LogP) is 4.74. The lowest BCUT2D eigenvalue weighted by atomic mass is 10.2. The van der Waals surface area contributed by atoms with Gasteiger partial charge < -0.3 is 13.7 Å². The Morgan fingerprint density at radius 1 is 1.07 bits per heavy atom. The monoisotopic (exact) mass is 400 g/mol. The molecule has 0 aliphatic heterocycles. The third-order valence-electron chi connectivity index (χ3n) is 3.61. The molecule has 2 heterocycles. The first-order chi connectivity index (χ1) is 13.2. The number of nitrogens with zero attached hydrogens (tertiary/aromatic N) is 4. The maximum Gasteiger partial charge on any atom is 0.277 e. The van der Waals surface area contributed by atoms with Gasteiger partial charge in [-0.05, 0) is 36.4 Å². The first-order valence-electron chi connectivity index (χ1n) is 7.90. The zero-order valence-electron chi connectivity index (χ0n) is 14.1.